The van der Waals surface area contributed by atoms with Gasteiger partial charge < -0.3 is 4.57 Å². The highest BCUT2D eigenvalue weighted by Crippen LogP contribution is 2.52. The van der Waals surface area contributed by atoms with E-state index in [4.69, 9.17) is 4.98 Å². The zero-order chi connectivity index (χ0) is 25.9. The smallest absolute Gasteiger partial charge is 0.127 e. The molecule has 0 saturated carbocycles. The zero-order valence-corrected chi connectivity index (χ0v) is 23.3. The molecule has 0 bridgehead atoms. The van der Waals surface area contributed by atoms with Crippen molar-refractivity contribution in [2.75, 3.05) is 0 Å². The lowest BCUT2D eigenvalue weighted by molar-refractivity contribution is 1.21. The van der Waals surface area contributed by atoms with E-state index < -0.39 is 0 Å². The van der Waals surface area contributed by atoms with Gasteiger partial charge in [0.1, 0.15) is 11.2 Å². The van der Waals surface area contributed by atoms with Gasteiger partial charge in [-0.25, -0.2) is 9.97 Å². The quantitative estimate of drug-likeness (QED) is 0.199. The molecule has 5 aromatic carbocycles. The molecule has 186 valence electrons. The van der Waals surface area contributed by atoms with Gasteiger partial charge in [-0.3, -0.25) is 0 Å². The number of hydrogen-bond donors (Lipinski definition) is 0. The molecular weight excluding hydrogens is 547 g/mol. The van der Waals surface area contributed by atoms with E-state index in [2.05, 4.69) is 101 Å². The van der Waals surface area contributed by atoms with Gasteiger partial charge >= 0.3 is 0 Å². The maximum atomic E-state index is 4.71. The number of benzene rings is 5. The molecule has 5 heterocycles. The first-order chi connectivity index (χ1) is 19.9. The first-order valence-corrected chi connectivity index (χ1v) is 15.6. The van der Waals surface area contributed by atoms with E-state index in [9.17, 15) is 0 Å². The standard InChI is InChI=1S/C34H17N3S3/c1-4-12-23-20(9-1)27-28-22-16-35-17-36-34(22)40-32(28)29-21-10-3-6-15-26(21)39-33(29)30(27)37(23)24-13-7-11-19-18-8-2-5-14-25(18)38-31(19)24/h1-17H. The predicted molar refractivity (Wildman–Crippen MR) is 175 cm³/mol. The van der Waals surface area contributed by atoms with Crippen molar-refractivity contribution in [2.24, 2.45) is 0 Å². The fourth-order valence-electron chi connectivity index (χ4n) is 6.57. The fraction of sp³-hybridized carbons (Fsp3) is 0. The molecule has 0 spiro atoms. The summed E-state index contributed by atoms with van der Waals surface area (Å²) in [4.78, 5) is 10.2. The Morgan fingerprint density at radius 1 is 0.525 bits per heavy atom. The van der Waals surface area contributed by atoms with Gasteiger partial charge in [0.05, 0.1) is 26.1 Å². The first kappa shape index (κ1) is 21.5. The van der Waals surface area contributed by atoms with Crippen LogP contribution in [0, 0.1) is 0 Å². The van der Waals surface area contributed by atoms with E-state index in [1.807, 2.05) is 28.9 Å². The van der Waals surface area contributed by atoms with Gasteiger partial charge in [-0.15, -0.1) is 34.0 Å². The minimum atomic E-state index is 1.04. The molecule has 0 aliphatic carbocycles. The Kier molecular flexibility index (Phi) is 4.10. The second-order valence-electron chi connectivity index (χ2n) is 10.2. The van der Waals surface area contributed by atoms with Crippen molar-refractivity contribution in [3.8, 4) is 5.69 Å². The monoisotopic (exact) mass is 563 g/mol. The van der Waals surface area contributed by atoms with Crippen molar-refractivity contribution < 1.29 is 0 Å². The molecule has 10 aromatic rings. The van der Waals surface area contributed by atoms with Crippen LogP contribution < -0.4 is 0 Å². The van der Waals surface area contributed by atoms with Crippen LogP contribution in [0.5, 0.6) is 0 Å². The minimum Gasteiger partial charge on any atom is -0.306 e. The highest BCUT2D eigenvalue weighted by Gasteiger charge is 2.25. The summed E-state index contributed by atoms with van der Waals surface area (Å²) in [5.41, 5.74) is 3.74. The van der Waals surface area contributed by atoms with Crippen molar-refractivity contribution in [2.45, 2.75) is 0 Å². The highest BCUT2D eigenvalue weighted by atomic mass is 32.1. The van der Waals surface area contributed by atoms with E-state index in [1.54, 1.807) is 17.7 Å². The van der Waals surface area contributed by atoms with Crippen LogP contribution in [0.1, 0.15) is 0 Å². The average molecular weight is 564 g/mol. The Balaban J connectivity index is 1.55. The molecule has 0 amide bonds. The summed E-state index contributed by atoms with van der Waals surface area (Å²) < 4.78 is 9.12. The van der Waals surface area contributed by atoms with Crippen LogP contribution in [-0.2, 0) is 0 Å². The predicted octanol–water partition coefficient (Wildman–Crippen LogP) is 10.7. The number of nitrogens with zero attached hydrogens (tertiary/aromatic N) is 3. The van der Waals surface area contributed by atoms with E-state index in [0.717, 1.165) is 10.2 Å². The van der Waals surface area contributed by atoms with Gasteiger partial charge in [0.25, 0.3) is 0 Å². The number of thiophene rings is 3. The van der Waals surface area contributed by atoms with Crippen molar-refractivity contribution in [3.63, 3.8) is 0 Å². The Labute approximate surface area is 239 Å². The van der Waals surface area contributed by atoms with E-state index >= 15 is 0 Å². The van der Waals surface area contributed by atoms with Crippen LogP contribution in [-0.4, -0.2) is 14.5 Å². The number of aromatic nitrogens is 3. The minimum absolute atomic E-state index is 1.04. The van der Waals surface area contributed by atoms with Crippen LogP contribution in [0.4, 0.5) is 0 Å². The topological polar surface area (TPSA) is 30.7 Å². The maximum Gasteiger partial charge on any atom is 0.127 e. The normalized spacial score (nSPS) is 12.5. The van der Waals surface area contributed by atoms with Crippen LogP contribution in [0.2, 0.25) is 0 Å². The Hall–Kier alpha value is -4.36. The molecule has 0 aliphatic heterocycles. The second kappa shape index (κ2) is 7.64. The number of para-hydroxylation sites is 1. The van der Waals surface area contributed by atoms with Crippen LogP contribution in [0.3, 0.4) is 0 Å². The third-order valence-corrected chi connectivity index (χ3v) is 11.7. The lowest BCUT2D eigenvalue weighted by Gasteiger charge is -2.10. The SMILES string of the molecule is c1ccc2c(c1)sc1c(-n3c4ccccc4c4c5c6cncnc6sc5c5c6ccccc6sc5c43)cccc12. The Morgan fingerprint density at radius 2 is 1.25 bits per heavy atom. The van der Waals surface area contributed by atoms with Gasteiger partial charge in [-0.1, -0.05) is 66.7 Å². The molecule has 3 nitrogen and oxygen atoms in total. The van der Waals surface area contributed by atoms with Gasteiger partial charge in [0, 0.05) is 63.4 Å². The van der Waals surface area contributed by atoms with E-state index in [0.29, 0.717) is 0 Å². The summed E-state index contributed by atoms with van der Waals surface area (Å²) >= 11 is 5.58. The molecular formula is C34H17N3S3. The second-order valence-corrected chi connectivity index (χ2v) is 13.3. The van der Waals surface area contributed by atoms with Crippen LogP contribution >= 0.6 is 34.0 Å². The lowest BCUT2D eigenvalue weighted by Crippen LogP contribution is -1.94. The molecule has 0 fully saturated rings. The highest BCUT2D eigenvalue weighted by molar-refractivity contribution is 7.30. The molecule has 0 N–H and O–H groups in total. The third-order valence-electron chi connectivity index (χ3n) is 8.16. The van der Waals surface area contributed by atoms with Gasteiger partial charge in [-0.2, -0.15) is 0 Å². The maximum absolute atomic E-state index is 4.71. The van der Waals surface area contributed by atoms with Crippen LogP contribution in [0.15, 0.2) is 104 Å². The Morgan fingerprint density at radius 3 is 2.15 bits per heavy atom. The summed E-state index contributed by atoms with van der Waals surface area (Å²) in [6.45, 7) is 0. The summed E-state index contributed by atoms with van der Waals surface area (Å²) in [6, 6.07) is 33.3. The first-order valence-electron chi connectivity index (χ1n) is 13.2. The third kappa shape index (κ3) is 2.59. The van der Waals surface area contributed by atoms with Crippen molar-refractivity contribution >= 4 is 116 Å². The average Bonchev–Trinajstić information content (AvgIpc) is 3.75. The van der Waals surface area contributed by atoms with Crippen molar-refractivity contribution in [1.82, 2.24) is 14.5 Å². The number of fused-ring (bicyclic) bond motifs is 15. The zero-order valence-electron chi connectivity index (χ0n) is 20.9. The molecule has 0 saturated heterocycles. The largest absolute Gasteiger partial charge is 0.306 e. The lowest BCUT2D eigenvalue weighted by atomic mass is 10.0. The molecule has 0 atom stereocenters. The fourth-order valence-corrected chi connectivity index (χ4v) is 10.3. The summed E-state index contributed by atoms with van der Waals surface area (Å²) in [5, 5.41) is 10.2. The summed E-state index contributed by atoms with van der Waals surface area (Å²) in [5.74, 6) is 0. The van der Waals surface area contributed by atoms with Crippen molar-refractivity contribution in [1.29, 1.82) is 0 Å². The van der Waals surface area contributed by atoms with E-state index in [-0.39, 0.29) is 0 Å². The molecule has 10 rings (SSSR count). The molecule has 40 heavy (non-hydrogen) atoms. The van der Waals surface area contributed by atoms with Gasteiger partial charge in [0.2, 0.25) is 0 Å². The summed E-state index contributed by atoms with van der Waals surface area (Å²) in [6.07, 6.45) is 3.67. The van der Waals surface area contributed by atoms with Gasteiger partial charge in [0.15, 0.2) is 0 Å². The van der Waals surface area contributed by atoms with Crippen molar-refractivity contribution in [3.05, 3.63) is 104 Å². The molecule has 0 aliphatic rings. The van der Waals surface area contributed by atoms with Gasteiger partial charge in [-0.05, 0) is 24.3 Å². The molecule has 6 heteroatoms. The summed E-state index contributed by atoms with van der Waals surface area (Å²) in [7, 11) is 0. The van der Waals surface area contributed by atoms with E-state index in [1.165, 1.54) is 77.9 Å². The van der Waals surface area contributed by atoms with Crippen LogP contribution in [0.25, 0.3) is 88.1 Å². The molecule has 5 aromatic heterocycles. The molecule has 0 radical (unpaired) electrons. The molecule has 0 unspecified atom stereocenters. The Bertz CT molecular complexity index is 2670. The number of hydrogen-bond acceptors (Lipinski definition) is 5. The number of rotatable bonds is 1.